The summed E-state index contributed by atoms with van der Waals surface area (Å²) in [6.07, 6.45) is 4.44. The van der Waals surface area contributed by atoms with Crippen LogP contribution in [0.5, 0.6) is 0 Å². The first-order chi connectivity index (χ1) is 15.9. The number of aliphatic hydroxyl groups is 1. The first-order valence-electron chi connectivity index (χ1n) is 11.9. The van der Waals surface area contributed by atoms with Crippen LogP contribution in [0.25, 0.3) is 0 Å². The van der Waals surface area contributed by atoms with E-state index in [9.17, 15) is 14.3 Å². The van der Waals surface area contributed by atoms with Gasteiger partial charge in [0.05, 0.1) is 17.4 Å². The summed E-state index contributed by atoms with van der Waals surface area (Å²) in [4.78, 5) is 13.5. The van der Waals surface area contributed by atoms with E-state index in [0.717, 1.165) is 43.4 Å². The smallest absolute Gasteiger partial charge is 0.231 e. The lowest BCUT2D eigenvalue weighted by Crippen LogP contribution is -2.44. The van der Waals surface area contributed by atoms with Gasteiger partial charge in [0.25, 0.3) is 0 Å². The summed E-state index contributed by atoms with van der Waals surface area (Å²) in [6.45, 7) is 6.84. The maximum Gasteiger partial charge on any atom is 0.231 e. The van der Waals surface area contributed by atoms with Gasteiger partial charge in [-0.2, -0.15) is 5.10 Å². The number of halogens is 1. The van der Waals surface area contributed by atoms with Crippen LogP contribution in [0.2, 0.25) is 0 Å². The summed E-state index contributed by atoms with van der Waals surface area (Å²) in [7, 11) is 0. The number of anilines is 1. The maximum atomic E-state index is 13.6. The van der Waals surface area contributed by atoms with E-state index in [2.05, 4.69) is 12.2 Å². The Bertz CT molecular complexity index is 928. The van der Waals surface area contributed by atoms with E-state index in [0.29, 0.717) is 12.3 Å². The van der Waals surface area contributed by atoms with E-state index < -0.39 is 5.92 Å². The predicted octanol–water partition coefficient (Wildman–Crippen LogP) is 5.14. The standard InChI is InChI=1S/C27H36FN3O2/c1-4-5-12-23-24(26(33)29-18-9-17-27(2,3)19-32)25(20-13-15-21(28)16-14-20)30-31(23)22-10-7-6-8-11-22/h6-8,10-11,13-16,23-24,32H,4-5,9,12,17-19H2,1-3H3,(H,29,33). The number of rotatable bonds is 11. The Labute approximate surface area is 196 Å². The Balaban J connectivity index is 1.87. The number of nitrogens with one attached hydrogen (secondary N) is 1. The number of nitrogens with zero attached hydrogens (tertiary/aromatic N) is 2. The average Bonchev–Trinajstić information content (AvgIpc) is 3.21. The molecule has 0 aliphatic carbocycles. The van der Waals surface area contributed by atoms with Crippen LogP contribution < -0.4 is 10.3 Å². The van der Waals surface area contributed by atoms with Gasteiger partial charge in [0.2, 0.25) is 5.91 Å². The Morgan fingerprint density at radius 2 is 1.82 bits per heavy atom. The second-order valence-corrected chi connectivity index (χ2v) is 9.58. The molecule has 2 atom stereocenters. The fourth-order valence-electron chi connectivity index (χ4n) is 4.23. The number of carbonyl (C=O) groups is 1. The van der Waals surface area contributed by atoms with Crippen molar-refractivity contribution in [1.29, 1.82) is 0 Å². The number of benzene rings is 2. The fourth-order valence-corrected chi connectivity index (χ4v) is 4.23. The van der Waals surface area contributed by atoms with Gasteiger partial charge < -0.3 is 10.4 Å². The minimum absolute atomic E-state index is 0.0561. The third kappa shape index (κ3) is 6.41. The van der Waals surface area contributed by atoms with Gasteiger partial charge >= 0.3 is 0 Å². The van der Waals surface area contributed by atoms with Crippen molar-refractivity contribution in [1.82, 2.24) is 5.32 Å². The van der Waals surface area contributed by atoms with Gasteiger partial charge in [-0.25, -0.2) is 4.39 Å². The molecule has 0 bridgehead atoms. The Hall–Kier alpha value is -2.73. The van der Waals surface area contributed by atoms with Crippen LogP contribution in [0.15, 0.2) is 59.7 Å². The van der Waals surface area contributed by atoms with Gasteiger partial charge in [-0.1, -0.05) is 63.9 Å². The van der Waals surface area contributed by atoms with E-state index in [-0.39, 0.29) is 29.8 Å². The molecule has 178 valence electrons. The summed E-state index contributed by atoms with van der Waals surface area (Å²) < 4.78 is 13.6. The highest BCUT2D eigenvalue weighted by Crippen LogP contribution is 2.34. The molecule has 5 nitrogen and oxygen atoms in total. The molecule has 1 amide bonds. The van der Waals surface area contributed by atoms with E-state index in [1.54, 1.807) is 12.1 Å². The molecule has 1 aliphatic heterocycles. The van der Waals surface area contributed by atoms with Crippen molar-refractivity contribution in [3.05, 3.63) is 66.0 Å². The number of aliphatic hydroxyl groups excluding tert-OH is 1. The maximum absolute atomic E-state index is 13.6. The molecule has 1 heterocycles. The minimum Gasteiger partial charge on any atom is -0.396 e. The van der Waals surface area contributed by atoms with E-state index in [4.69, 9.17) is 5.10 Å². The molecule has 2 aromatic carbocycles. The molecule has 33 heavy (non-hydrogen) atoms. The molecule has 2 unspecified atom stereocenters. The SMILES string of the molecule is CCCCC1C(C(=O)NCCCC(C)(C)CO)C(c2ccc(F)cc2)=NN1c1ccccc1. The summed E-state index contributed by atoms with van der Waals surface area (Å²) in [5.41, 5.74) is 2.22. The number of carbonyl (C=O) groups excluding carboxylic acids is 1. The molecule has 2 aromatic rings. The highest BCUT2D eigenvalue weighted by molar-refractivity contribution is 6.15. The number of hydrogen-bond acceptors (Lipinski definition) is 4. The lowest BCUT2D eigenvalue weighted by Gasteiger charge is -2.28. The van der Waals surface area contributed by atoms with Crippen molar-refractivity contribution < 1.29 is 14.3 Å². The summed E-state index contributed by atoms with van der Waals surface area (Å²) in [6, 6.07) is 16.0. The predicted molar refractivity (Wildman–Crippen MR) is 132 cm³/mol. The van der Waals surface area contributed by atoms with Crippen LogP contribution in [0.3, 0.4) is 0 Å². The summed E-state index contributed by atoms with van der Waals surface area (Å²) >= 11 is 0. The van der Waals surface area contributed by atoms with Gasteiger partial charge in [-0.05, 0) is 54.5 Å². The summed E-state index contributed by atoms with van der Waals surface area (Å²) in [5.74, 6) is -0.820. The van der Waals surface area contributed by atoms with Crippen LogP contribution in [-0.2, 0) is 4.79 Å². The normalized spacial score (nSPS) is 18.3. The molecule has 0 saturated carbocycles. The van der Waals surface area contributed by atoms with Crippen LogP contribution in [0.1, 0.15) is 58.4 Å². The second kappa shape index (κ2) is 11.4. The van der Waals surface area contributed by atoms with E-state index >= 15 is 0 Å². The molecule has 0 radical (unpaired) electrons. The average molecular weight is 454 g/mol. The fraction of sp³-hybridized carbons (Fsp3) is 0.481. The molecule has 0 aromatic heterocycles. The molecule has 6 heteroatoms. The Morgan fingerprint density at radius 3 is 2.45 bits per heavy atom. The lowest BCUT2D eigenvalue weighted by molar-refractivity contribution is -0.123. The van der Waals surface area contributed by atoms with E-state index in [1.807, 2.05) is 49.2 Å². The first-order valence-corrected chi connectivity index (χ1v) is 11.9. The number of unbranched alkanes of at least 4 members (excludes halogenated alkanes) is 1. The highest BCUT2D eigenvalue weighted by atomic mass is 19.1. The van der Waals surface area contributed by atoms with Crippen molar-refractivity contribution in [3.8, 4) is 0 Å². The second-order valence-electron chi connectivity index (χ2n) is 9.58. The zero-order chi connectivity index (χ0) is 23.8. The number of para-hydroxylation sites is 1. The van der Waals surface area contributed by atoms with Crippen molar-refractivity contribution >= 4 is 17.3 Å². The quantitative estimate of drug-likeness (QED) is 0.463. The zero-order valence-electron chi connectivity index (χ0n) is 19.9. The molecule has 3 rings (SSSR count). The largest absolute Gasteiger partial charge is 0.396 e. The lowest BCUT2D eigenvalue weighted by atomic mass is 9.87. The third-order valence-corrected chi connectivity index (χ3v) is 6.26. The first kappa shape index (κ1) is 24.9. The monoisotopic (exact) mass is 453 g/mol. The molecule has 0 saturated heterocycles. The minimum atomic E-state index is -0.451. The van der Waals surface area contributed by atoms with Crippen LogP contribution in [0.4, 0.5) is 10.1 Å². The summed E-state index contributed by atoms with van der Waals surface area (Å²) in [5, 5.41) is 19.5. The van der Waals surface area contributed by atoms with Gasteiger partial charge in [0.1, 0.15) is 11.7 Å². The Kier molecular flexibility index (Phi) is 8.61. The van der Waals surface area contributed by atoms with Gasteiger partial charge in [-0.15, -0.1) is 0 Å². The third-order valence-electron chi connectivity index (χ3n) is 6.26. The molecule has 1 aliphatic rings. The molecular weight excluding hydrogens is 417 g/mol. The van der Waals surface area contributed by atoms with Gasteiger partial charge in [-0.3, -0.25) is 9.80 Å². The van der Waals surface area contributed by atoms with Crippen molar-refractivity contribution in [2.24, 2.45) is 16.4 Å². The molecular formula is C27H36FN3O2. The number of hydrogen-bond donors (Lipinski definition) is 2. The number of amides is 1. The van der Waals surface area contributed by atoms with Gasteiger partial charge in [0, 0.05) is 13.2 Å². The van der Waals surface area contributed by atoms with Crippen molar-refractivity contribution in [3.63, 3.8) is 0 Å². The zero-order valence-corrected chi connectivity index (χ0v) is 19.9. The molecule has 2 N–H and O–H groups in total. The van der Waals surface area contributed by atoms with Crippen molar-refractivity contribution in [2.75, 3.05) is 18.2 Å². The van der Waals surface area contributed by atoms with Crippen LogP contribution in [-0.4, -0.2) is 35.9 Å². The van der Waals surface area contributed by atoms with Crippen molar-refractivity contribution in [2.45, 2.75) is 58.9 Å². The topological polar surface area (TPSA) is 64.9 Å². The number of hydrazone groups is 1. The molecule has 0 spiro atoms. The van der Waals surface area contributed by atoms with Crippen LogP contribution in [0, 0.1) is 17.2 Å². The Morgan fingerprint density at radius 1 is 1.12 bits per heavy atom. The van der Waals surface area contributed by atoms with E-state index in [1.165, 1.54) is 12.1 Å². The van der Waals surface area contributed by atoms with Gasteiger partial charge in [0.15, 0.2) is 0 Å². The highest BCUT2D eigenvalue weighted by Gasteiger charge is 2.42. The molecule has 0 fully saturated rings. The van der Waals surface area contributed by atoms with Crippen LogP contribution >= 0.6 is 0 Å².